The van der Waals surface area contributed by atoms with Crippen molar-refractivity contribution >= 4 is 5.97 Å². The largest absolute Gasteiger partial charge is 0.481 e. The number of carboxylic acid groups (broad SMARTS) is 1. The molecule has 3 atom stereocenters. The molecule has 1 heterocycles. The van der Waals surface area contributed by atoms with E-state index < -0.39 is 12.1 Å². The molecule has 4 heteroatoms. The van der Waals surface area contributed by atoms with E-state index in [4.69, 9.17) is 9.84 Å². The van der Waals surface area contributed by atoms with Crippen molar-refractivity contribution in [3.05, 3.63) is 36.5 Å². The number of unbranched alkanes of at least 4 members (excludes halogenated alkanes) is 3. The minimum atomic E-state index is -0.735. The van der Waals surface area contributed by atoms with E-state index in [0.717, 1.165) is 25.7 Å². The highest BCUT2D eigenvalue weighted by Gasteiger charge is 2.42. The third-order valence-corrected chi connectivity index (χ3v) is 4.02. The van der Waals surface area contributed by atoms with E-state index in [1.165, 1.54) is 19.3 Å². The zero-order valence-electron chi connectivity index (χ0n) is 14.8. The Kier molecular flexibility index (Phi) is 11.2. The van der Waals surface area contributed by atoms with Gasteiger partial charge in [0.05, 0.1) is 6.10 Å². The predicted octanol–water partition coefficient (Wildman–Crippen LogP) is 4.40. The van der Waals surface area contributed by atoms with Gasteiger partial charge in [0.15, 0.2) is 0 Å². The Balaban J connectivity index is 2.00. The molecule has 24 heavy (non-hydrogen) atoms. The zero-order chi connectivity index (χ0) is 17.6. The standard InChI is InChI=1S/C20H32O4/c1-2-3-11-15-18-20(24-18)17(21)14-12-9-7-5-4-6-8-10-13-16-19(22)23/h5-8,12,14,17-18,20-21H,2-4,9-11,13,15-16H2,1H3,(H,22,23)/b7-5-,8-6-,14-12-. The molecule has 1 saturated heterocycles. The molecule has 1 aliphatic rings. The third kappa shape index (κ3) is 10.4. The molecule has 2 N–H and O–H groups in total. The summed E-state index contributed by atoms with van der Waals surface area (Å²) in [5.41, 5.74) is 0. The first-order chi connectivity index (χ1) is 11.6. The van der Waals surface area contributed by atoms with Crippen LogP contribution < -0.4 is 0 Å². The predicted molar refractivity (Wildman–Crippen MR) is 97.0 cm³/mol. The molecule has 4 nitrogen and oxygen atoms in total. The van der Waals surface area contributed by atoms with Gasteiger partial charge in [0.25, 0.3) is 0 Å². The van der Waals surface area contributed by atoms with Gasteiger partial charge in [-0.3, -0.25) is 4.79 Å². The molecule has 0 amide bonds. The minimum Gasteiger partial charge on any atom is -0.481 e. The highest BCUT2D eigenvalue weighted by molar-refractivity contribution is 5.66. The smallest absolute Gasteiger partial charge is 0.303 e. The molecule has 0 aromatic carbocycles. The minimum absolute atomic E-state index is 0.00387. The summed E-state index contributed by atoms with van der Waals surface area (Å²) >= 11 is 0. The number of aliphatic hydroxyl groups excluding tert-OH is 1. The van der Waals surface area contributed by atoms with Crippen molar-refractivity contribution < 1.29 is 19.7 Å². The molecular weight excluding hydrogens is 304 g/mol. The second-order valence-corrected chi connectivity index (χ2v) is 6.25. The molecule has 1 rings (SSSR count). The Morgan fingerprint density at radius 1 is 1.08 bits per heavy atom. The van der Waals surface area contributed by atoms with Gasteiger partial charge in [-0.15, -0.1) is 0 Å². The Hall–Kier alpha value is -1.39. The van der Waals surface area contributed by atoms with Gasteiger partial charge in [0.2, 0.25) is 0 Å². The van der Waals surface area contributed by atoms with Crippen molar-refractivity contribution in [2.45, 2.75) is 83.0 Å². The topological polar surface area (TPSA) is 70.1 Å². The van der Waals surface area contributed by atoms with Gasteiger partial charge in [0, 0.05) is 6.42 Å². The Morgan fingerprint density at radius 3 is 2.50 bits per heavy atom. The quantitative estimate of drug-likeness (QED) is 0.280. The summed E-state index contributed by atoms with van der Waals surface area (Å²) in [6.07, 6.45) is 19.9. The van der Waals surface area contributed by atoms with Gasteiger partial charge in [-0.05, 0) is 32.1 Å². The summed E-state index contributed by atoms with van der Waals surface area (Å²) in [6.45, 7) is 2.19. The van der Waals surface area contributed by atoms with Crippen molar-refractivity contribution in [2.24, 2.45) is 0 Å². The maximum Gasteiger partial charge on any atom is 0.303 e. The molecule has 0 aromatic heterocycles. The average molecular weight is 336 g/mol. The van der Waals surface area contributed by atoms with E-state index in [9.17, 15) is 9.90 Å². The van der Waals surface area contributed by atoms with Crippen molar-refractivity contribution in [2.75, 3.05) is 0 Å². The molecule has 136 valence electrons. The average Bonchev–Trinajstić information content (AvgIpc) is 3.32. The normalized spacial score (nSPS) is 21.9. The number of rotatable bonds is 14. The number of ether oxygens (including phenoxy) is 1. The molecule has 0 aromatic rings. The van der Waals surface area contributed by atoms with Crippen molar-refractivity contribution in [1.82, 2.24) is 0 Å². The van der Waals surface area contributed by atoms with Gasteiger partial charge >= 0.3 is 5.97 Å². The molecule has 1 fully saturated rings. The maximum atomic E-state index is 10.3. The van der Waals surface area contributed by atoms with Crippen LogP contribution in [0.15, 0.2) is 36.5 Å². The Morgan fingerprint density at radius 2 is 1.79 bits per heavy atom. The van der Waals surface area contributed by atoms with Gasteiger partial charge in [-0.25, -0.2) is 0 Å². The number of hydrogen-bond donors (Lipinski definition) is 2. The van der Waals surface area contributed by atoms with E-state index in [1.807, 2.05) is 18.2 Å². The number of aliphatic hydroxyl groups is 1. The molecule has 0 spiro atoms. The first-order valence-electron chi connectivity index (χ1n) is 9.17. The van der Waals surface area contributed by atoms with Crippen LogP contribution in [0.3, 0.4) is 0 Å². The summed E-state index contributed by atoms with van der Waals surface area (Å²) < 4.78 is 5.52. The van der Waals surface area contributed by atoms with Crippen molar-refractivity contribution in [3.8, 4) is 0 Å². The van der Waals surface area contributed by atoms with Crippen LogP contribution >= 0.6 is 0 Å². The Labute approximate surface area is 145 Å². The monoisotopic (exact) mass is 336 g/mol. The highest BCUT2D eigenvalue weighted by atomic mass is 16.6. The molecule has 0 bridgehead atoms. The second-order valence-electron chi connectivity index (χ2n) is 6.25. The molecular formula is C20H32O4. The van der Waals surface area contributed by atoms with Crippen LogP contribution in [0.2, 0.25) is 0 Å². The number of allylic oxidation sites excluding steroid dienone is 5. The van der Waals surface area contributed by atoms with E-state index in [0.29, 0.717) is 6.42 Å². The number of carboxylic acids is 1. The lowest BCUT2D eigenvalue weighted by molar-refractivity contribution is -0.137. The van der Waals surface area contributed by atoms with Gasteiger partial charge < -0.3 is 14.9 Å². The number of carbonyl (C=O) groups is 1. The number of epoxide rings is 1. The van der Waals surface area contributed by atoms with Crippen molar-refractivity contribution in [1.29, 1.82) is 0 Å². The van der Waals surface area contributed by atoms with Crippen LogP contribution in [0.25, 0.3) is 0 Å². The molecule has 3 unspecified atom stereocenters. The lowest BCUT2D eigenvalue weighted by Crippen LogP contribution is -2.13. The molecule has 0 aliphatic carbocycles. The molecule has 1 aliphatic heterocycles. The Bertz CT molecular complexity index is 425. The first-order valence-corrected chi connectivity index (χ1v) is 9.17. The fraction of sp³-hybridized carbons (Fsp3) is 0.650. The highest BCUT2D eigenvalue weighted by Crippen LogP contribution is 2.30. The van der Waals surface area contributed by atoms with Gasteiger partial charge in [-0.2, -0.15) is 0 Å². The lowest BCUT2D eigenvalue weighted by atomic mass is 10.1. The summed E-state index contributed by atoms with van der Waals surface area (Å²) in [6, 6.07) is 0. The van der Waals surface area contributed by atoms with Gasteiger partial charge in [-0.1, -0.05) is 62.6 Å². The SMILES string of the molecule is CCCCCC1OC1C(O)/C=C\C/C=C\C/C=C\CCCC(=O)O. The van der Waals surface area contributed by atoms with Crippen LogP contribution in [0.5, 0.6) is 0 Å². The molecule has 0 radical (unpaired) electrons. The fourth-order valence-corrected chi connectivity index (χ4v) is 2.55. The maximum absolute atomic E-state index is 10.3. The van der Waals surface area contributed by atoms with Gasteiger partial charge in [0.1, 0.15) is 12.2 Å². The second kappa shape index (κ2) is 13.0. The number of hydrogen-bond acceptors (Lipinski definition) is 3. The van der Waals surface area contributed by atoms with Crippen LogP contribution in [-0.4, -0.2) is 34.5 Å². The fourth-order valence-electron chi connectivity index (χ4n) is 2.55. The molecule has 0 saturated carbocycles. The summed E-state index contributed by atoms with van der Waals surface area (Å²) in [5, 5.41) is 18.5. The van der Waals surface area contributed by atoms with Crippen LogP contribution in [0, 0.1) is 0 Å². The summed E-state index contributed by atoms with van der Waals surface area (Å²) in [4.78, 5) is 10.3. The van der Waals surface area contributed by atoms with E-state index >= 15 is 0 Å². The summed E-state index contributed by atoms with van der Waals surface area (Å²) in [7, 11) is 0. The lowest BCUT2D eigenvalue weighted by Gasteiger charge is -2.00. The van der Waals surface area contributed by atoms with Crippen LogP contribution in [0.4, 0.5) is 0 Å². The summed E-state index contributed by atoms with van der Waals surface area (Å²) in [5.74, 6) is -0.735. The van der Waals surface area contributed by atoms with Crippen LogP contribution in [0.1, 0.15) is 64.7 Å². The first kappa shape index (κ1) is 20.7. The third-order valence-electron chi connectivity index (χ3n) is 4.02. The van der Waals surface area contributed by atoms with E-state index in [1.54, 1.807) is 0 Å². The van der Waals surface area contributed by atoms with Crippen molar-refractivity contribution in [3.63, 3.8) is 0 Å². The van der Waals surface area contributed by atoms with Crippen LogP contribution in [-0.2, 0) is 9.53 Å². The van der Waals surface area contributed by atoms with E-state index in [2.05, 4.69) is 25.2 Å². The number of aliphatic carboxylic acids is 1. The van der Waals surface area contributed by atoms with E-state index in [-0.39, 0.29) is 18.6 Å². The zero-order valence-corrected chi connectivity index (χ0v) is 14.8.